The summed E-state index contributed by atoms with van der Waals surface area (Å²) in [5.74, 6) is 0. The quantitative estimate of drug-likeness (QED) is 0.544. The summed E-state index contributed by atoms with van der Waals surface area (Å²) in [6.07, 6.45) is -1.13. The molecule has 0 bridgehead atoms. The van der Waals surface area contributed by atoms with Crippen LogP contribution in [-0.4, -0.2) is 11.2 Å². The Labute approximate surface area is 131 Å². The zero-order valence-corrected chi connectivity index (χ0v) is 12.5. The molecule has 1 aromatic heterocycles. The van der Waals surface area contributed by atoms with Crippen molar-refractivity contribution in [3.8, 4) is 0 Å². The Morgan fingerprint density at radius 2 is 2.00 bits per heavy atom. The fourth-order valence-electron chi connectivity index (χ4n) is 2.21. The van der Waals surface area contributed by atoms with Crippen LogP contribution in [-0.2, 0) is 6.54 Å². The predicted octanol–water partition coefficient (Wildman–Crippen LogP) is 4.19. The molecule has 0 radical (unpaired) electrons. The smallest absolute Gasteiger partial charge is 0.409 e. The van der Waals surface area contributed by atoms with Gasteiger partial charge in [-0.2, -0.15) is 0 Å². The number of thiophene rings is 1. The van der Waals surface area contributed by atoms with Gasteiger partial charge in [0.1, 0.15) is 0 Å². The van der Waals surface area contributed by atoms with Crippen LogP contribution in [0.15, 0.2) is 48.5 Å². The van der Waals surface area contributed by atoms with Gasteiger partial charge in [-0.15, -0.1) is 11.3 Å². The Balaban J connectivity index is 1.70. The third-order valence-corrected chi connectivity index (χ3v) is 4.35. The Morgan fingerprint density at radius 3 is 2.73 bits per heavy atom. The highest BCUT2D eigenvalue weighted by Gasteiger charge is 2.05. The van der Waals surface area contributed by atoms with Crippen molar-refractivity contribution in [2.75, 3.05) is 16.4 Å². The maximum atomic E-state index is 10.6. The van der Waals surface area contributed by atoms with E-state index in [-0.39, 0.29) is 0 Å². The summed E-state index contributed by atoms with van der Waals surface area (Å²) in [6, 6.07) is 15.6. The summed E-state index contributed by atoms with van der Waals surface area (Å²) in [6.45, 7) is 0.699. The first kappa shape index (κ1) is 14.2. The molecule has 0 atom stereocenters. The molecule has 5 nitrogen and oxygen atoms in total. The normalized spacial score (nSPS) is 10.5. The maximum absolute atomic E-state index is 10.6. The molecule has 0 aliphatic heterocycles. The second kappa shape index (κ2) is 5.95. The van der Waals surface area contributed by atoms with E-state index in [0.717, 1.165) is 5.69 Å². The number of hydrogen-bond acceptors (Lipinski definition) is 4. The van der Waals surface area contributed by atoms with Crippen molar-refractivity contribution >= 4 is 44.6 Å². The van der Waals surface area contributed by atoms with Crippen LogP contribution in [0.5, 0.6) is 0 Å². The SMILES string of the molecule is Nc1cc(NCc2cc3ccccc3s2)ccc1NC(=O)O. The molecule has 3 aromatic rings. The molecule has 1 amide bonds. The van der Waals surface area contributed by atoms with Crippen LogP contribution in [0.3, 0.4) is 0 Å². The fourth-order valence-corrected chi connectivity index (χ4v) is 3.22. The summed E-state index contributed by atoms with van der Waals surface area (Å²) >= 11 is 1.75. The number of carboxylic acid groups (broad SMARTS) is 1. The van der Waals surface area contributed by atoms with Gasteiger partial charge >= 0.3 is 6.09 Å². The van der Waals surface area contributed by atoms with E-state index < -0.39 is 6.09 Å². The largest absolute Gasteiger partial charge is 0.465 e. The van der Waals surface area contributed by atoms with Crippen LogP contribution >= 0.6 is 11.3 Å². The molecule has 0 spiro atoms. The molecule has 0 saturated carbocycles. The van der Waals surface area contributed by atoms with Crippen molar-refractivity contribution < 1.29 is 9.90 Å². The molecule has 2 aromatic carbocycles. The third-order valence-electron chi connectivity index (χ3n) is 3.24. The van der Waals surface area contributed by atoms with Crippen LogP contribution in [0.1, 0.15) is 4.88 Å². The van der Waals surface area contributed by atoms with Crippen molar-refractivity contribution in [2.24, 2.45) is 0 Å². The Bertz CT molecular complexity index is 796. The number of nitrogens with one attached hydrogen (secondary N) is 2. The number of amides is 1. The highest BCUT2D eigenvalue weighted by atomic mass is 32.1. The molecule has 6 heteroatoms. The second-order valence-electron chi connectivity index (χ2n) is 4.84. The molecule has 0 saturated heterocycles. The van der Waals surface area contributed by atoms with E-state index in [4.69, 9.17) is 10.8 Å². The van der Waals surface area contributed by atoms with Gasteiger partial charge in [-0.05, 0) is 35.7 Å². The lowest BCUT2D eigenvalue weighted by Gasteiger charge is -2.09. The van der Waals surface area contributed by atoms with Gasteiger partial charge in [0.05, 0.1) is 11.4 Å². The molecule has 0 unspecified atom stereocenters. The summed E-state index contributed by atoms with van der Waals surface area (Å²) in [5.41, 5.74) is 7.47. The van der Waals surface area contributed by atoms with Crippen LogP contribution in [0.25, 0.3) is 10.1 Å². The third kappa shape index (κ3) is 3.12. The van der Waals surface area contributed by atoms with Crippen molar-refractivity contribution in [2.45, 2.75) is 6.54 Å². The first-order chi connectivity index (χ1) is 10.6. The van der Waals surface area contributed by atoms with E-state index in [0.29, 0.717) is 17.9 Å². The minimum atomic E-state index is -1.13. The number of nitrogen functional groups attached to an aromatic ring is 1. The average molecular weight is 313 g/mol. The van der Waals surface area contributed by atoms with Gasteiger partial charge in [-0.1, -0.05) is 18.2 Å². The Morgan fingerprint density at radius 1 is 1.18 bits per heavy atom. The van der Waals surface area contributed by atoms with E-state index in [2.05, 4.69) is 28.8 Å². The van der Waals surface area contributed by atoms with Crippen molar-refractivity contribution in [3.63, 3.8) is 0 Å². The van der Waals surface area contributed by atoms with Crippen molar-refractivity contribution in [1.29, 1.82) is 0 Å². The monoisotopic (exact) mass is 313 g/mol. The topological polar surface area (TPSA) is 87.4 Å². The number of carbonyl (C=O) groups is 1. The first-order valence-corrected chi connectivity index (χ1v) is 7.54. The average Bonchev–Trinajstić information content (AvgIpc) is 2.90. The van der Waals surface area contributed by atoms with Gasteiger partial charge in [-0.25, -0.2) is 4.79 Å². The van der Waals surface area contributed by atoms with E-state index >= 15 is 0 Å². The number of nitrogens with two attached hydrogens (primary N) is 1. The summed E-state index contributed by atoms with van der Waals surface area (Å²) in [7, 11) is 0. The van der Waals surface area contributed by atoms with E-state index in [9.17, 15) is 4.79 Å². The lowest BCUT2D eigenvalue weighted by Crippen LogP contribution is -2.09. The number of anilines is 3. The zero-order valence-electron chi connectivity index (χ0n) is 11.7. The molecule has 3 rings (SSSR count). The second-order valence-corrected chi connectivity index (χ2v) is 6.00. The molecule has 0 aliphatic carbocycles. The van der Waals surface area contributed by atoms with Gasteiger partial charge in [0.25, 0.3) is 0 Å². The molecule has 0 fully saturated rings. The molecule has 5 N–H and O–H groups in total. The van der Waals surface area contributed by atoms with Gasteiger partial charge in [-0.3, -0.25) is 5.32 Å². The summed E-state index contributed by atoms with van der Waals surface area (Å²) in [5, 5.41) is 15.5. The predicted molar refractivity (Wildman–Crippen MR) is 91.7 cm³/mol. The van der Waals surface area contributed by atoms with Gasteiger partial charge in [0.2, 0.25) is 0 Å². The van der Waals surface area contributed by atoms with E-state index in [1.165, 1.54) is 15.0 Å². The van der Waals surface area contributed by atoms with Crippen LogP contribution in [0.4, 0.5) is 21.9 Å². The summed E-state index contributed by atoms with van der Waals surface area (Å²) in [4.78, 5) is 11.9. The fraction of sp³-hybridized carbons (Fsp3) is 0.0625. The number of benzene rings is 2. The van der Waals surface area contributed by atoms with Crippen molar-refractivity contribution in [1.82, 2.24) is 0 Å². The number of rotatable bonds is 4. The lowest BCUT2D eigenvalue weighted by molar-refractivity contribution is 0.210. The Hall–Kier alpha value is -2.73. The molecular formula is C16H15N3O2S. The van der Waals surface area contributed by atoms with Gasteiger partial charge in [0.15, 0.2) is 0 Å². The standard InChI is InChI=1S/C16H15N3O2S/c17-13-8-11(5-6-14(13)19-16(20)21)18-9-12-7-10-3-1-2-4-15(10)22-12/h1-8,18-19H,9,17H2,(H,20,21). The molecule has 22 heavy (non-hydrogen) atoms. The van der Waals surface area contributed by atoms with Gasteiger partial charge in [0, 0.05) is 21.8 Å². The van der Waals surface area contributed by atoms with E-state index in [1.807, 2.05) is 12.1 Å². The van der Waals surface area contributed by atoms with Crippen LogP contribution in [0.2, 0.25) is 0 Å². The molecule has 112 valence electrons. The lowest BCUT2D eigenvalue weighted by atomic mass is 10.2. The molecule has 0 aliphatic rings. The van der Waals surface area contributed by atoms with Gasteiger partial charge < -0.3 is 16.2 Å². The minimum absolute atomic E-state index is 0.389. The molecule has 1 heterocycles. The first-order valence-electron chi connectivity index (χ1n) is 6.72. The molecular weight excluding hydrogens is 298 g/mol. The number of fused-ring (bicyclic) bond motifs is 1. The maximum Gasteiger partial charge on any atom is 0.409 e. The Kier molecular flexibility index (Phi) is 3.84. The van der Waals surface area contributed by atoms with Crippen molar-refractivity contribution in [3.05, 3.63) is 53.4 Å². The van der Waals surface area contributed by atoms with Crippen LogP contribution < -0.4 is 16.4 Å². The summed E-state index contributed by atoms with van der Waals surface area (Å²) < 4.78 is 1.26. The highest BCUT2D eigenvalue weighted by molar-refractivity contribution is 7.19. The number of hydrogen-bond donors (Lipinski definition) is 4. The zero-order chi connectivity index (χ0) is 15.5. The highest BCUT2D eigenvalue weighted by Crippen LogP contribution is 2.27. The minimum Gasteiger partial charge on any atom is -0.465 e. The van der Waals surface area contributed by atoms with Crippen LogP contribution in [0, 0.1) is 0 Å². The van der Waals surface area contributed by atoms with E-state index in [1.54, 1.807) is 29.5 Å².